The van der Waals surface area contributed by atoms with Gasteiger partial charge in [-0.2, -0.15) is 13.2 Å². The number of aliphatic hydroxyl groups is 1. The van der Waals surface area contributed by atoms with Crippen LogP contribution in [0.2, 0.25) is 0 Å². The summed E-state index contributed by atoms with van der Waals surface area (Å²) >= 11 is 0. The molecule has 0 amide bonds. The van der Waals surface area contributed by atoms with Crippen LogP contribution in [0.5, 0.6) is 0 Å². The largest absolute Gasteiger partial charge is 0.506 e. The van der Waals surface area contributed by atoms with Gasteiger partial charge in [0.25, 0.3) is 5.78 Å². The first-order valence-electron chi connectivity index (χ1n) is 3.69. The lowest BCUT2D eigenvalue weighted by atomic mass is 10.2. The summed E-state index contributed by atoms with van der Waals surface area (Å²) in [7, 11) is 0. The normalized spacial score (nSPS) is 12.6. The minimum absolute atomic E-state index is 0.0718. The minimum atomic E-state index is -5.00. The van der Waals surface area contributed by atoms with Gasteiger partial charge in [-0.25, -0.2) is 9.97 Å². The molecule has 4 nitrogen and oxygen atoms in total. The van der Waals surface area contributed by atoms with Crippen LogP contribution in [0.1, 0.15) is 5.69 Å². The van der Waals surface area contributed by atoms with Crippen LogP contribution in [0.3, 0.4) is 0 Å². The van der Waals surface area contributed by atoms with Gasteiger partial charge in [0.05, 0.1) is 0 Å². The van der Waals surface area contributed by atoms with Gasteiger partial charge >= 0.3 is 6.18 Å². The summed E-state index contributed by atoms with van der Waals surface area (Å²) in [6, 6.07) is 1.18. The molecule has 0 aliphatic carbocycles. The zero-order valence-corrected chi connectivity index (χ0v) is 7.19. The van der Waals surface area contributed by atoms with Gasteiger partial charge in [-0.05, 0) is 6.07 Å². The summed E-state index contributed by atoms with van der Waals surface area (Å²) in [4.78, 5) is 17.4. The highest BCUT2D eigenvalue weighted by molar-refractivity contribution is 5.98. The second-order valence-corrected chi connectivity index (χ2v) is 2.49. The number of nitrogens with zero attached hydrogens (tertiary/aromatic N) is 2. The molecule has 0 aliphatic heterocycles. The molecule has 15 heavy (non-hydrogen) atoms. The third-order valence-electron chi connectivity index (χ3n) is 1.39. The highest BCUT2D eigenvalue weighted by atomic mass is 19.4. The van der Waals surface area contributed by atoms with Crippen molar-refractivity contribution in [2.24, 2.45) is 0 Å². The molecule has 1 aromatic rings. The summed E-state index contributed by atoms with van der Waals surface area (Å²) in [6.45, 7) is 0. The van der Waals surface area contributed by atoms with E-state index in [1.54, 1.807) is 0 Å². The SMILES string of the molecule is O=C(C=C(O)c1ccncn1)C(F)(F)F. The summed E-state index contributed by atoms with van der Waals surface area (Å²) < 4.78 is 35.4. The molecule has 0 spiro atoms. The van der Waals surface area contributed by atoms with E-state index in [1.165, 1.54) is 12.3 Å². The lowest BCUT2D eigenvalue weighted by molar-refractivity contribution is -0.165. The number of hydrogen-bond donors (Lipinski definition) is 1. The first kappa shape index (κ1) is 11.2. The van der Waals surface area contributed by atoms with Crippen molar-refractivity contribution in [3.63, 3.8) is 0 Å². The fourth-order valence-corrected chi connectivity index (χ4v) is 0.722. The number of hydrogen-bond acceptors (Lipinski definition) is 4. The molecule has 0 bridgehead atoms. The van der Waals surface area contributed by atoms with Crippen LogP contribution in [-0.2, 0) is 4.79 Å². The molecular formula is C8H5F3N2O2. The van der Waals surface area contributed by atoms with Gasteiger partial charge in [0.15, 0.2) is 0 Å². The van der Waals surface area contributed by atoms with Crippen molar-refractivity contribution in [1.82, 2.24) is 9.97 Å². The number of rotatable bonds is 2. The molecule has 1 heterocycles. The first-order chi connectivity index (χ1) is 6.91. The zero-order valence-electron chi connectivity index (χ0n) is 7.19. The highest BCUT2D eigenvalue weighted by Gasteiger charge is 2.37. The Labute approximate surface area is 82.1 Å². The number of aromatic nitrogens is 2. The molecule has 0 aliphatic rings. The number of ketones is 1. The molecule has 0 unspecified atom stereocenters. The van der Waals surface area contributed by atoms with Crippen molar-refractivity contribution < 1.29 is 23.1 Å². The van der Waals surface area contributed by atoms with E-state index in [4.69, 9.17) is 5.11 Å². The number of aliphatic hydroxyl groups excluding tert-OH is 1. The lowest BCUT2D eigenvalue weighted by Crippen LogP contribution is -2.20. The average Bonchev–Trinajstić information content (AvgIpc) is 2.17. The molecule has 0 saturated carbocycles. The van der Waals surface area contributed by atoms with Crippen molar-refractivity contribution >= 4 is 11.5 Å². The molecule has 7 heteroatoms. The Bertz CT molecular complexity index is 387. The maximum Gasteiger partial charge on any atom is 0.454 e. The van der Waals surface area contributed by atoms with Gasteiger partial charge in [-0.15, -0.1) is 0 Å². The van der Waals surface area contributed by atoms with Gasteiger partial charge in [0.1, 0.15) is 17.8 Å². The standard InChI is InChI=1S/C8H5F3N2O2/c9-8(10,11)7(15)3-6(14)5-1-2-12-4-13-5/h1-4,14H. The predicted octanol–water partition coefficient (Wildman–Crippen LogP) is 1.51. The van der Waals surface area contributed by atoms with Crippen LogP contribution in [0.25, 0.3) is 5.76 Å². The van der Waals surface area contributed by atoms with Gasteiger partial charge in [-0.1, -0.05) is 0 Å². The predicted molar refractivity (Wildman–Crippen MR) is 43.7 cm³/mol. The molecule has 1 rings (SSSR count). The first-order valence-corrected chi connectivity index (χ1v) is 3.69. The number of carbonyl (C=O) groups is 1. The third-order valence-corrected chi connectivity index (χ3v) is 1.39. The van der Waals surface area contributed by atoms with Crippen LogP contribution in [0, 0.1) is 0 Å². The van der Waals surface area contributed by atoms with E-state index >= 15 is 0 Å². The van der Waals surface area contributed by atoms with Gasteiger partial charge in [0, 0.05) is 12.3 Å². The molecule has 0 saturated heterocycles. The Balaban J connectivity index is 2.91. The van der Waals surface area contributed by atoms with E-state index in [-0.39, 0.29) is 11.8 Å². The number of halogens is 3. The molecule has 80 valence electrons. The van der Waals surface area contributed by atoms with Crippen LogP contribution in [0.15, 0.2) is 24.7 Å². The average molecular weight is 218 g/mol. The van der Waals surface area contributed by atoms with Gasteiger partial charge in [0.2, 0.25) is 0 Å². The van der Waals surface area contributed by atoms with Gasteiger partial charge < -0.3 is 5.11 Å². The van der Waals surface area contributed by atoms with E-state index in [1.807, 2.05) is 0 Å². The molecule has 0 atom stereocenters. The zero-order chi connectivity index (χ0) is 11.5. The monoisotopic (exact) mass is 218 g/mol. The van der Waals surface area contributed by atoms with Crippen molar-refractivity contribution in [2.75, 3.05) is 0 Å². The van der Waals surface area contributed by atoms with Gasteiger partial charge in [-0.3, -0.25) is 4.79 Å². The van der Waals surface area contributed by atoms with Crippen LogP contribution in [-0.4, -0.2) is 27.0 Å². The van der Waals surface area contributed by atoms with Crippen molar-refractivity contribution in [2.45, 2.75) is 6.18 Å². The summed E-state index contributed by atoms with van der Waals surface area (Å²) in [6.07, 6.45) is -2.66. The van der Waals surface area contributed by atoms with Crippen LogP contribution < -0.4 is 0 Å². The van der Waals surface area contributed by atoms with Crippen molar-refractivity contribution in [1.29, 1.82) is 0 Å². The molecule has 1 N–H and O–H groups in total. The Morgan fingerprint density at radius 3 is 2.60 bits per heavy atom. The van der Waals surface area contributed by atoms with E-state index < -0.39 is 17.7 Å². The van der Waals surface area contributed by atoms with E-state index in [0.717, 1.165) is 6.33 Å². The number of alkyl halides is 3. The number of allylic oxidation sites excluding steroid dienone is 1. The summed E-state index contributed by atoms with van der Waals surface area (Å²) in [5.41, 5.74) is -0.150. The molecule has 0 radical (unpaired) electrons. The van der Waals surface area contributed by atoms with Crippen LogP contribution in [0.4, 0.5) is 13.2 Å². The van der Waals surface area contributed by atoms with Crippen LogP contribution >= 0.6 is 0 Å². The highest BCUT2D eigenvalue weighted by Crippen LogP contribution is 2.18. The Hall–Kier alpha value is -1.92. The fourth-order valence-electron chi connectivity index (χ4n) is 0.722. The topological polar surface area (TPSA) is 63.1 Å². The van der Waals surface area contributed by atoms with Crippen molar-refractivity contribution in [3.8, 4) is 0 Å². The molecular weight excluding hydrogens is 213 g/mol. The Morgan fingerprint density at radius 1 is 1.47 bits per heavy atom. The van der Waals surface area contributed by atoms with Crippen molar-refractivity contribution in [3.05, 3.63) is 30.4 Å². The quantitative estimate of drug-likeness (QED) is 0.603. The molecule has 0 aromatic carbocycles. The number of carbonyl (C=O) groups excluding carboxylic acids is 1. The summed E-state index contributed by atoms with van der Waals surface area (Å²) in [5, 5.41) is 9.10. The van der Waals surface area contributed by atoms with E-state index in [9.17, 15) is 18.0 Å². The molecule has 0 fully saturated rings. The minimum Gasteiger partial charge on any atom is -0.506 e. The maximum absolute atomic E-state index is 11.8. The van der Waals surface area contributed by atoms with E-state index in [2.05, 4.69) is 9.97 Å². The summed E-state index contributed by atoms with van der Waals surface area (Å²) in [5.74, 6) is -2.99. The fraction of sp³-hybridized carbons (Fsp3) is 0.125. The third kappa shape index (κ3) is 3.04. The van der Waals surface area contributed by atoms with E-state index in [0.29, 0.717) is 0 Å². The second-order valence-electron chi connectivity index (χ2n) is 2.49. The lowest BCUT2D eigenvalue weighted by Gasteiger charge is -2.01. The molecule has 1 aromatic heterocycles. The Kier molecular flexibility index (Phi) is 3.03. The maximum atomic E-state index is 11.8. The Morgan fingerprint density at radius 2 is 2.13 bits per heavy atom. The second kappa shape index (κ2) is 4.07. The smallest absolute Gasteiger partial charge is 0.454 e.